The molecule has 0 bridgehead atoms. The molecule has 0 unspecified atom stereocenters. The highest BCUT2D eigenvalue weighted by Gasteiger charge is 2.27. The molecule has 1 fully saturated rings. The number of amides is 1. The second-order valence-electron chi connectivity index (χ2n) is 3.18. The predicted molar refractivity (Wildman–Crippen MR) is 48.6 cm³/mol. The number of carbonyl (C=O) groups is 1. The lowest BCUT2D eigenvalue weighted by molar-refractivity contribution is -0.384. The van der Waals surface area contributed by atoms with Gasteiger partial charge in [-0.3, -0.25) is 14.9 Å². The Hall–Kier alpha value is -1.91. The number of carbonyl (C=O) groups excluding carboxylic acids is 1. The average Bonchev–Trinajstić information content (AvgIpc) is 2.13. The number of non-ortho nitro benzene ring substituents is 1. The summed E-state index contributed by atoms with van der Waals surface area (Å²) in [7, 11) is 0. The molecule has 0 aliphatic carbocycles. The van der Waals surface area contributed by atoms with Crippen LogP contribution < -0.4 is 5.32 Å². The number of hydrogen-bond acceptors (Lipinski definition) is 3. The van der Waals surface area contributed by atoms with Gasteiger partial charge < -0.3 is 5.32 Å². The van der Waals surface area contributed by atoms with E-state index in [9.17, 15) is 14.9 Å². The maximum Gasteiger partial charge on any atom is 0.269 e. The summed E-state index contributed by atoms with van der Waals surface area (Å²) in [6.45, 7) is 0. The number of nitrogens with zero attached hydrogens (tertiary/aromatic N) is 1. The molecular weight excluding hydrogens is 184 g/mol. The maximum atomic E-state index is 10.7. The third-order valence-corrected chi connectivity index (χ3v) is 2.21. The molecule has 5 heteroatoms. The number of rotatable bonds is 2. The molecule has 1 aromatic carbocycles. The molecule has 1 amide bonds. The van der Waals surface area contributed by atoms with Crippen LogP contribution in [0.3, 0.4) is 0 Å². The third kappa shape index (κ3) is 1.44. The topological polar surface area (TPSA) is 72.2 Å². The van der Waals surface area contributed by atoms with Gasteiger partial charge in [0, 0.05) is 12.1 Å². The molecule has 2 rings (SSSR count). The van der Waals surface area contributed by atoms with Crippen LogP contribution in [0.25, 0.3) is 0 Å². The van der Waals surface area contributed by atoms with Crippen molar-refractivity contribution in [2.75, 3.05) is 0 Å². The Bertz CT molecular complexity index is 395. The summed E-state index contributed by atoms with van der Waals surface area (Å²) in [5.74, 6) is -0.0125. The zero-order valence-corrected chi connectivity index (χ0v) is 7.27. The summed E-state index contributed by atoms with van der Waals surface area (Å²) in [5.41, 5.74) is 0.849. The van der Waals surface area contributed by atoms with Gasteiger partial charge in [0.1, 0.15) is 0 Å². The predicted octanol–water partition coefficient (Wildman–Crippen LogP) is 1.16. The van der Waals surface area contributed by atoms with Gasteiger partial charge in [0.05, 0.1) is 17.4 Å². The standard InChI is InChI=1S/C9H8N2O3/c12-9-5-8(10-9)6-2-1-3-7(4-6)11(13)14/h1-4,8H,5H2,(H,10,12)/t8-/m0/s1. The van der Waals surface area contributed by atoms with Gasteiger partial charge in [-0.25, -0.2) is 0 Å². The molecule has 0 radical (unpaired) electrons. The smallest absolute Gasteiger partial charge is 0.269 e. The van der Waals surface area contributed by atoms with Gasteiger partial charge in [-0.15, -0.1) is 0 Å². The van der Waals surface area contributed by atoms with Crippen LogP contribution >= 0.6 is 0 Å². The van der Waals surface area contributed by atoms with Crippen LogP contribution in [0.1, 0.15) is 18.0 Å². The highest BCUT2D eigenvalue weighted by molar-refractivity contribution is 5.83. The van der Waals surface area contributed by atoms with Crippen molar-refractivity contribution in [3.63, 3.8) is 0 Å². The van der Waals surface area contributed by atoms with Crippen LogP contribution in [0.2, 0.25) is 0 Å². The van der Waals surface area contributed by atoms with Crippen LogP contribution in [-0.2, 0) is 4.79 Å². The first-order valence-corrected chi connectivity index (χ1v) is 4.20. The molecule has 1 aliphatic rings. The molecule has 1 aliphatic heterocycles. The molecule has 1 heterocycles. The van der Waals surface area contributed by atoms with Crippen LogP contribution in [0, 0.1) is 10.1 Å². The minimum absolute atomic E-state index is 0.0125. The molecule has 72 valence electrons. The lowest BCUT2D eigenvalue weighted by atomic mass is 9.97. The van der Waals surface area contributed by atoms with E-state index in [1.165, 1.54) is 12.1 Å². The molecule has 0 saturated carbocycles. The number of hydrogen-bond donors (Lipinski definition) is 1. The van der Waals surface area contributed by atoms with Gasteiger partial charge >= 0.3 is 0 Å². The van der Waals surface area contributed by atoms with Crippen molar-refractivity contribution in [2.24, 2.45) is 0 Å². The monoisotopic (exact) mass is 192 g/mol. The number of nitro groups is 1. The van der Waals surface area contributed by atoms with E-state index in [-0.39, 0.29) is 17.6 Å². The molecule has 5 nitrogen and oxygen atoms in total. The van der Waals surface area contributed by atoms with E-state index in [2.05, 4.69) is 5.32 Å². The number of nitro benzene ring substituents is 1. The van der Waals surface area contributed by atoms with Crippen molar-refractivity contribution in [2.45, 2.75) is 12.5 Å². The molecule has 1 saturated heterocycles. The summed E-state index contributed by atoms with van der Waals surface area (Å²) in [4.78, 5) is 20.7. The molecule has 1 N–H and O–H groups in total. The quantitative estimate of drug-likeness (QED) is 0.434. The van der Waals surface area contributed by atoms with Gasteiger partial charge in [0.2, 0.25) is 5.91 Å². The van der Waals surface area contributed by atoms with Crippen LogP contribution in [0.5, 0.6) is 0 Å². The summed E-state index contributed by atoms with van der Waals surface area (Å²) >= 11 is 0. The SMILES string of the molecule is O=C1C[C@@H](c2cccc([N+](=O)[O-])c2)N1. The first-order chi connectivity index (χ1) is 6.66. The van der Waals surface area contributed by atoms with E-state index >= 15 is 0 Å². The number of benzene rings is 1. The van der Waals surface area contributed by atoms with Gasteiger partial charge in [-0.1, -0.05) is 12.1 Å². The van der Waals surface area contributed by atoms with Crippen molar-refractivity contribution in [1.29, 1.82) is 0 Å². The first-order valence-electron chi connectivity index (χ1n) is 4.20. The Labute approximate surface area is 79.9 Å². The second kappa shape index (κ2) is 3.10. The molecule has 14 heavy (non-hydrogen) atoms. The van der Waals surface area contributed by atoms with Crippen molar-refractivity contribution in [3.05, 3.63) is 39.9 Å². The summed E-state index contributed by atoms with van der Waals surface area (Å²) in [5, 5.41) is 13.1. The van der Waals surface area contributed by atoms with Crippen molar-refractivity contribution >= 4 is 11.6 Å². The fourth-order valence-electron chi connectivity index (χ4n) is 1.41. The van der Waals surface area contributed by atoms with E-state index in [1.807, 2.05) is 0 Å². The molecular formula is C9H8N2O3. The molecule has 1 atom stereocenters. The fraction of sp³-hybridized carbons (Fsp3) is 0.222. The van der Waals surface area contributed by atoms with E-state index in [0.717, 1.165) is 5.56 Å². The van der Waals surface area contributed by atoms with Crippen molar-refractivity contribution in [3.8, 4) is 0 Å². The Balaban J connectivity index is 2.22. The highest BCUT2D eigenvalue weighted by Crippen LogP contribution is 2.26. The summed E-state index contributed by atoms with van der Waals surface area (Å²) in [6.07, 6.45) is 0.418. The molecule has 0 aromatic heterocycles. The van der Waals surface area contributed by atoms with Gasteiger partial charge in [0.15, 0.2) is 0 Å². The zero-order chi connectivity index (χ0) is 10.1. The zero-order valence-electron chi connectivity index (χ0n) is 7.27. The Kier molecular flexibility index (Phi) is 1.92. The number of β-lactam (4-membered cyclic amide) rings is 1. The van der Waals surface area contributed by atoms with Crippen LogP contribution in [0.15, 0.2) is 24.3 Å². The molecule has 0 spiro atoms. The Morgan fingerprint density at radius 3 is 2.79 bits per heavy atom. The highest BCUT2D eigenvalue weighted by atomic mass is 16.6. The summed E-state index contributed by atoms with van der Waals surface area (Å²) < 4.78 is 0. The lowest BCUT2D eigenvalue weighted by Gasteiger charge is -2.26. The first kappa shape index (κ1) is 8.68. The third-order valence-electron chi connectivity index (χ3n) is 2.21. The average molecular weight is 192 g/mol. The number of nitrogens with one attached hydrogen (secondary N) is 1. The fourth-order valence-corrected chi connectivity index (χ4v) is 1.41. The van der Waals surface area contributed by atoms with Gasteiger partial charge in [0.25, 0.3) is 5.69 Å². The van der Waals surface area contributed by atoms with E-state index in [4.69, 9.17) is 0 Å². The summed E-state index contributed by atoms with van der Waals surface area (Å²) in [6, 6.07) is 6.27. The van der Waals surface area contributed by atoms with Crippen LogP contribution in [0.4, 0.5) is 5.69 Å². The van der Waals surface area contributed by atoms with E-state index < -0.39 is 4.92 Å². The normalized spacial score (nSPS) is 19.7. The Morgan fingerprint density at radius 1 is 1.50 bits per heavy atom. The van der Waals surface area contributed by atoms with Gasteiger partial charge in [-0.2, -0.15) is 0 Å². The minimum Gasteiger partial charge on any atom is -0.349 e. The van der Waals surface area contributed by atoms with Crippen molar-refractivity contribution in [1.82, 2.24) is 5.32 Å². The lowest BCUT2D eigenvalue weighted by Crippen LogP contribution is -2.41. The Morgan fingerprint density at radius 2 is 2.21 bits per heavy atom. The van der Waals surface area contributed by atoms with Crippen LogP contribution in [-0.4, -0.2) is 10.8 Å². The maximum absolute atomic E-state index is 10.7. The largest absolute Gasteiger partial charge is 0.349 e. The second-order valence-corrected chi connectivity index (χ2v) is 3.18. The van der Waals surface area contributed by atoms with E-state index in [1.54, 1.807) is 12.1 Å². The minimum atomic E-state index is -0.440. The van der Waals surface area contributed by atoms with Crippen molar-refractivity contribution < 1.29 is 9.72 Å². The van der Waals surface area contributed by atoms with E-state index in [0.29, 0.717) is 6.42 Å². The van der Waals surface area contributed by atoms with Gasteiger partial charge in [-0.05, 0) is 5.56 Å². The molecule has 1 aromatic rings.